The summed E-state index contributed by atoms with van der Waals surface area (Å²) in [6.45, 7) is 4.35. The van der Waals surface area contributed by atoms with E-state index in [1.807, 2.05) is 21.1 Å². The summed E-state index contributed by atoms with van der Waals surface area (Å²) >= 11 is 0. The number of carbonyl (C=O) groups is 2. The average molecular weight is 1420 g/mol. The van der Waals surface area contributed by atoms with Crippen LogP contribution in [0.4, 0.5) is 0 Å². The molecule has 0 amide bonds. The minimum Gasteiger partial charge on any atom is -0.462 e. The molecule has 0 saturated carbocycles. The van der Waals surface area contributed by atoms with Crippen LogP contribution in [0.25, 0.3) is 0 Å². The largest absolute Gasteiger partial charge is 0.472 e. The van der Waals surface area contributed by atoms with Gasteiger partial charge < -0.3 is 18.9 Å². The Balaban J connectivity index is 3.93. The van der Waals surface area contributed by atoms with E-state index in [0.717, 1.165) is 89.9 Å². The molecule has 0 aliphatic carbocycles. The number of rotatable bonds is 78. The van der Waals surface area contributed by atoms with Gasteiger partial charge in [-0.2, -0.15) is 0 Å². The zero-order valence-corrected chi connectivity index (χ0v) is 67.1. The fraction of sp³-hybridized carbons (Fsp3) is 0.756. The van der Waals surface area contributed by atoms with Crippen LogP contribution >= 0.6 is 7.82 Å². The van der Waals surface area contributed by atoms with Crippen molar-refractivity contribution in [1.29, 1.82) is 0 Å². The number of carbonyl (C=O) groups excluding carboxylic acids is 2. The Hall–Kier alpha value is -3.59. The Labute approximate surface area is 619 Å². The van der Waals surface area contributed by atoms with Gasteiger partial charge in [0.05, 0.1) is 27.7 Å². The van der Waals surface area contributed by atoms with E-state index >= 15 is 0 Å². The van der Waals surface area contributed by atoms with Crippen molar-refractivity contribution in [1.82, 2.24) is 0 Å². The summed E-state index contributed by atoms with van der Waals surface area (Å²) in [4.78, 5) is 36.0. The van der Waals surface area contributed by atoms with Crippen molar-refractivity contribution in [3.63, 3.8) is 0 Å². The first-order valence-electron chi connectivity index (χ1n) is 42.3. The number of phosphoric acid groups is 1. The summed E-state index contributed by atoms with van der Waals surface area (Å²) in [7, 11) is 1.49. The second-order valence-corrected chi connectivity index (χ2v) is 30.9. The quantitative estimate of drug-likeness (QED) is 0.0211. The number of hydrogen-bond donors (Lipinski definition) is 1. The molecule has 0 aliphatic heterocycles. The van der Waals surface area contributed by atoms with Gasteiger partial charge in [-0.05, 0) is 109 Å². The molecule has 0 rings (SSSR count). The highest BCUT2D eigenvalue weighted by Gasteiger charge is 2.27. The third-order valence-electron chi connectivity index (χ3n) is 18.5. The molecule has 0 aromatic heterocycles. The highest BCUT2D eigenvalue weighted by molar-refractivity contribution is 7.47. The molecule has 578 valence electrons. The predicted molar refractivity (Wildman–Crippen MR) is 436 cm³/mol. The summed E-state index contributed by atoms with van der Waals surface area (Å²) in [6, 6.07) is 0. The van der Waals surface area contributed by atoms with Gasteiger partial charge in [-0.3, -0.25) is 18.6 Å². The number of phosphoric ester groups is 1. The topological polar surface area (TPSA) is 108 Å². The van der Waals surface area contributed by atoms with Crippen LogP contribution in [0, 0.1) is 0 Å². The molecule has 0 aromatic rings. The van der Waals surface area contributed by atoms with E-state index in [1.54, 1.807) is 0 Å². The van der Waals surface area contributed by atoms with Crippen molar-refractivity contribution >= 4 is 19.8 Å². The highest BCUT2D eigenvalue weighted by Crippen LogP contribution is 2.43. The van der Waals surface area contributed by atoms with Gasteiger partial charge in [0.15, 0.2) is 6.10 Å². The van der Waals surface area contributed by atoms with Crippen molar-refractivity contribution in [3.05, 3.63) is 122 Å². The number of quaternary nitrogens is 1. The summed E-state index contributed by atoms with van der Waals surface area (Å²) in [5.74, 6) is -0.782. The third-order valence-corrected chi connectivity index (χ3v) is 19.5. The Kier molecular flexibility index (Phi) is 76.7. The predicted octanol–water partition coefficient (Wildman–Crippen LogP) is 28.5. The molecule has 1 N–H and O–H groups in total. The smallest absolute Gasteiger partial charge is 0.462 e. The first kappa shape index (κ1) is 96.4. The number of nitrogens with zero attached hydrogens (tertiary/aromatic N) is 1. The Bertz CT molecular complexity index is 2110. The second kappa shape index (κ2) is 79.5. The summed E-state index contributed by atoms with van der Waals surface area (Å²) in [5.41, 5.74) is 0. The number of hydrogen-bond acceptors (Lipinski definition) is 7. The van der Waals surface area contributed by atoms with Crippen LogP contribution < -0.4 is 0 Å². The molecule has 2 atom stereocenters. The molecule has 0 heterocycles. The van der Waals surface area contributed by atoms with Crippen molar-refractivity contribution in [2.75, 3.05) is 47.5 Å². The van der Waals surface area contributed by atoms with Crippen molar-refractivity contribution in [2.24, 2.45) is 0 Å². The van der Waals surface area contributed by atoms with Gasteiger partial charge in [-0.25, -0.2) is 4.57 Å². The fourth-order valence-corrected chi connectivity index (χ4v) is 12.8. The van der Waals surface area contributed by atoms with E-state index in [-0.39, 0.29) is 32.0 Å². The maximum absolute atomic E-state index is 12.9. The van der Waals surface area contributed by atoms with E-state index in [4.69, 9.17) is 18.5 Å². The van der Waals surface area contributed by atoms with Crippen LogP contribution in [0.5, 0.6) is 0 Å². The van der Waals surface area contributed by atoms with E-state index in [0.29, 0.717) is 17.4 Å². The van der Waals surface area contributed by atoms with Crippen LogP contribution in [-0.2, 0) is 32.7 Å². The molecule has 0 aromatic carbocycles. The molecular weight excluding hydrogens is 1250 g/mol. The lowest BCUT2D eigenvalue weighted by molar-refractivity contribution is -0.870. The molecule has 2 unspecified atom stereocenters. The van der Waals surface area contributed by atoms with Gasteiger partial charge in [0.2, 0.25) is 0 Å². The molecule has 10 heteroatoms. The molecule has 0 spiro atoms. The van der Waals surface area contributed by atoms with E-state index < -0.39 is 26.5 Å². The normalized spacial score (nSPS) is 13.6. The van der Waals surface area contributed by atoms with Crippen molar-refractivity contribution < 1.29 is 42.1 Å². The Morgan fingerprint density at radius 1 is 0.320 bits per heavy atom. The summed E-state index contributed by atoms with van der Waals surface area (Å²) < 4.78 is 34.9. The number of unbranched alkanes of at least 4 members (excludes halogenated alkanes) is 44. The van der Waals surface area contributed by atoms with Crippen molar-refractivity contribution in [2.45, 2.75) is 392 Å². The van der Waals surface area contributed by atoms with E-state index in [1.165, 1.54) is 263 Å². The maximum Gasteiger partial charge on any atom is 0.472 e. The molecule has 0 bridgehead atoms. The van der Waals surface area contributed by atoms with Crippen LogP contribution in [0.2, 0.25) is 0 Å². The summed E-state index contributed by atoms with van der Waals surface area (Å²) in [6.07, 6.45) is 115. The van der Waals surface area contributed by atoms with Crippen LogP contribution in [0.15, 0.2) is 122 Å². The second-order valence-electron chi connectivity index (χ2n) is 29.5. The molecular formula is C90H161NO8P+. The lowest BCUT2D eigenvalue weighted by atomic mass is 10.0. The Morgan fingerprint density at radius 2 is 0.570 bits per heavy atom. The van der Waals surface area contributed by atoms with Crippen LogP contribution in [-0.4, -0.2) is 74.9 Å². The highest BCUT2D eigenvalue weighted by atomic mass is 31.2. The zero-order chi connectivity index (χ0) is 72.5. The first-order valence-corrected chi connectivity index (χ1v) is 43.8. The number of likely N-dealkylation sites (N-methyl/N-ethyl adjacent to an activating group) is 1. The lowest BCUT2D eigenvalue weighted by Crippen LogP contribution is -2.37. The van der Waals surface area contributed by atoms with Gasteiger partial charge in [0.1, 0.15) is 19.8 Å². The fourth-order valence-electron chi connectivity index (χ4n) is 12.1. The third kappa shape index (κ3) is 83.4. The monoisotopic (exact) mass is 1420 g/mol. The van der Waals surface area contributed by atoms with Gasteiger partial charge in [-0.1, -0.05) is 386 Å². The molecule has 0 radical (unpaired) electrons. The molecule has 0 fully saturated rings. The SMILES string of the molecule is CC/C=C\C/C=C\C/C=C\C/C=C\C/C=C\C/C=C\C/C=C\CCCCCCCCCCCCCCCCCCCC(=O)OC(COC(=O)CCCCCCCCCCCCCCCCCCCCCCCC/C=C\C/C=C\C/C=C\CCCCCCC)COP(=O)(O)OCC[N+](C)(C)C. The van der Waals surface area contributed by atoms with Gasteiger partial charge in [-0.15, -0.1) is 0 Å². The minimum absolute atomic E-state index is 0.0304. The maximum atomic E-state index is 12.9. The van der Waals surface area contributed by atoms with Gasteiger partial charge >= 0.3 is 19.8 Å². The van der Waals surface area contributed by atoms with E-state index in [9.17, 15) is 19.0 Å². The molecule has 9 nitrogen and oxygen atoms in total. The van der Waals surface area contributed by atoms with Gasteiger partial charge in [0.25, 0.3) is 0 Å². The molecule has 0 aliphatic rings. The molecule has 100 heavy (non-hydrogen) atoms. The summed E-state index contributed by atoms with van der Waals surface area (Å²) in [5, 5.41) is 0. The lowest BCUT2D eigenvalue weighted by Gasteiger charge is -2.24. The number of esters is 2. The minimum atomic E-state index is -4.40. The van der Waals surface area contributed by atoms with Crippen LogP contribution in [0.1, 0.15) is 386 Å². The number of allylic oxidation sites excluding steroid dienone is 20. The zero-order valence-electron chi connectivity index (χ0n) is 66.2. The van der Waals surface area contributed by atoms with Crippen molar-refractivity contribution in [3.8, 4) is 0 Å². The van der Waals surface area contributed by atoms with E-state index in [2.05, 4.69) is 135 Å². The average Bonchev–Trinajstić information content (AvgIpc) is 1.07. The first-order chi connectivity index (χ1) is 49.0. The standard InChI is InChI=1S/C90H160NO8P/c1-6-8-10-12-14-16-18-20-22-24-26-28-30-32-34-36-38-40-42-44-45-47-49-51-53-55-57-59-61-63-65-67-69-71-73-75-77-79-81-83-90(93)99-88(87-98-100(94,95)97-85-84-91(3,4)5)86-96-89(92)82-80-78-76-74-72-70-68-66-64-62-60-58-56-54-52-50-48-46-43-41-39-37-35-33-31-29-27-25-23-21-19-17-15-13-11-9-7-2/h8,10,14,16,19-22,25-28,31-34,38,40,44-45,88H,6-7,9,11-13,15,17-18,23-24,29-30,35-37,39,41-43,46-87H2,1-5H3/p+1/b10-8-,16-14-,21-19-,22-20-,27-25-,28-26-,33-31-,34-32-,40-38-,45-44-. The van der Waals surface area contributed by atoms with Gasteiger partial charge in [0, 0.05) is 12.8 Å². The molecule has 0 saturated heterocycles. The van der Waals surface area contributed by atoms with Crippen LogP contribution in [0.3, 0.4) is 0 Å². The number of ether oxygens (including phenoxy) is 2. The Morgan fingerprint density at radius 3 is 0.850 bits per heavy atom.